The summed E-state index contributed by atoms with van der Waals surface area (Å²) in [5, 5.41) is 2.99. The molecule has 0 radical (unpaired) electrons. The highest BCUT2D eigenvalue weighted by Crippen LogP contribution is 2.24. The first-order valence-electron chi connectivity index (χ1n) is 6.74. The third kappa shape index (κ3) is 4.35. The lowest BCUT2D eigenvalue weighted by atomic mass is 9.85. The molecule has 1 aromatic carbocycles. The van der Waals surface area contributed by atoms with Gasteiger partial charge >= 0.3 is 0 Å². The molecule has 0 bridgehead atoms. The van der Waals surface area contributed by atoms with Gasteiger partial charge in [0.25, 0.3) is 0 Å². The number of nitrogens with one attached hydrogen (secondary N) is 1. The monoisotopic (exact) mass is 262 g/mol. The molecule has 0 spiro atoms. The van der Waals surface area contributed by atoms with Gasteiger partial charge in [-0.15, -0.1) is 0 Å². The molecule has 0 aromatic heterocycles. The first-order chi connectivity index (χ1) is 8.61. The second-order valence-electron chi connectivity index (χ2n) is 6.50. The van der Waals surface area contributed by atoms with Crippen molar-refractivity contribution < 1.29 is 4.79 Å². The lowest BCUT2D eigenvalue weighted by Crippen LogP contribution is -2.38. The van der Waals surface area contributed by atoms with E-state index in [1.165, 1.54) is 5.56 Å². The molecular weight excluding hydrogens is 236 g/mol. The van der Waals surface area contributed by atoms with Crippen LogP contribution in [-0.2, 0) is 4.79 Å². The zero-order valence-electron chi connectivity index (χ0n) is 12.9. The number of hydrogen-bond acceptors (Lipinski definition) is 2. The Kier molecular flexibility index (Phi) is 4.75. The second-order valence-corrected chi connectivity index (χ2v) is 6.50. The van der Waals surface area contributed by atoms with E-state index in [-0.39, 0.29) is 17.4 Å². The summed E-state index contributed by atoms with van der Waals surface area (Å²) >= 11 is 0. The van der Waals surface area contributed by atoms with E-state index >= 15 is 0 Å². The highest BCUT2D eigenvalue weighted by atomic mass is 16.1. The van der Waals surface area contributed by atoms with Gasteiger partial charge in [0.1, 0.15) is 0 Å². The van der Waals surface area contributed by atoms with Crippen LogP contribution < -0.4 is 11.1 Å². The lowest BCUT2D eigenvalue weighted by Gasteiger charge is -2.26. The standard InChI is InChI=1S/C16H26N2O/c1-10-7-11(2)15(12(3)8-10)18-14(19)9-13(17)16(4,5)6/h7-8,13H,9,17H2,1-6H3,(H,18,19). The molecule has 0 saturated carbocycles. The summed E-state index contributed by atoms with van der Waals surface area (Å²) in [6.07, 6.45) is 0.344. The van der Waals surface area contributed by atoms with E-state index in [0.717, 1.165) is 16.8 Å². The van der Waals surface area contributed by atoms with E-state index in [2.05, 4.69) is 24.4 Å². The summed E-state index contributed by atoms with van der Waals surface area (Å²) in [6, 6.07) is 4.01. The maximum absolute atomic E-state index is 12.1. The van der Waals surface area contributed by atoms with Crippen molar-refractivity contribution in [2.45, 2.75) is 54.0 Å². The van der Waals surface area contributed by atoms with Crippen molar-refractivity contribution in [2.75, 3.05) is 5.32 Å². The normalized spacial score (nSPS) is 13.2. The zero-order chi connectivity index (χ0) is 14.8. The van der Waals surface area contributed by atoms with Crippen molar-refractivity contribution in [3.63, 3.8) is 0 Å². The molecule has 0 aliphatic carbocycles. The van der Waals surface area contributed by atoms with E-state index < -0.39 is 0 Å². The Labute approximate surface area is 116 Å². The molecule has 0 aliphatic heterocycles. The Balaban J connectivity index is 2.79. The summed E-state index contributed by atoms with van der Waals surface area (Å²) in [7, 11) is 0. The predicted molar refractivity (Wildman–Crippen MR) is 81.3 cm³/mol. The molecule has 0 heterocycles. The van der Waals surface area contributed by atoms with Crippen LogP contribution in [0.2, 0.25) is 0 Å². The van der Waals surface area contributed by atoms with Crippen LogP contribution in [-0.4, -0.2) is 11.9 Å². The summed E-state index contributed by atoms with van der Waals surface area (Å²) < 4.78 is 0. The quantitative estimate of drug-likeness (QED) is 0.878. The molecule has 1 atom stereocenters. The van der Waals surface area contributed by atoms with Crippen molar-refractivity contribution in [2.24, 2.45) is 11.1 Å². The Morgan fingerprint density at radius 2 is 1.68 bits per heavy atom. The molecular formula is C16H26N2O. The third-order valence-corrected chi connectivity index (χ3v) is 3.46. The van der Waals surface area contributed by atoms with Crippen molar-refractivity contribution in [3.05, 3.63) is 28.8 Å². The van der Waals surface area contributed by atoms with Gasteiger partial charge in [-0.05, 0) is 37.3 Å². The molecule has 1 rings (SSSR count). The largest absolute Gasteiger partial charge is 0.327 e. The molecule has 0 fully saturated rings. The second kappa shape index (κ2) is 5.74. The topological polar surface area (TPSA) is 55.1 Å². The first kappa shape index (κ1) is 15.7. The van der Waals surface area contributed by atoms with E-state index in [0.29, 0.717) is 6.42 Å². The molecule has 3 nitrogen and oxygen atoms in total. The van der Waals surface area contributed by atoms with Gasteiger partial charge in [-0.1, -0.05) is 38.5 Å². The van der Waals surface area contributed by atoms with Crippen LogP contribution in [0.5, 0.6) is 0 Å². The number of rotatable bonds is 3. The number of aryl methyl sites for hydroxylation is 3. The minimum atomic E-state index is -0.140. The van der Waals surface area contributed by atoms with E-state index in [1.807, 2.05) is 34.6 Å². The number of anilines is 1. The van der Waals surface area contributed by atoms with Gasteiger partial charge in [0.05, 0.1) is 0 Å². The Hall–Kier alpha value is -1.35. The van der Waals surface area contributed by atoms with Gasteiger partial charge in [0.15, 0.2) is 0 Å². The van der Waals surface area contributed by atoms with Crippen LogP contribution in [0.15, 0.2) is 12.1 Å². The zero-order valence-corrected chi connectivity index (χ0v) is 12.9. The maximum Gasteiger partial charge on any atom is 0.225 e. The summed E-state index contributed by atoms with van der Waals surface area (Å²) in [4.78, 5) is 12.1. The van der Waals surface area contributed by atoms with Gasteiger partial charge in [0.2, 0.25) is 5.91 Å². The highest BCUT2D eigenvalue weighted by molar-refractivity contribution is 5.92. The fourth-order valence-corrected chi connectivity index (χ4v) is 2.07. The first-order valence-corrected chi connectivity index (χ1v) is 6.74. The molecule has 1 aromatic rings. The lowest BCUT2D eigenvalue weighted by molar-refractivity contribution is -0.117. The minimum Gasteiger partial charge on any atom is -0.327 e. The van der Waals surface area contributed by atoms with Crippen molar-refractivity contribution in [1.82, 2.24) is 0 Å². The summed E-state index contributed by atoms with van der Waals surface area (Å²) in [6.45, 7) is 12.2. The molecule has 1 amide bonds. The summed E-state index contributed by atoms with van der Waals surface area (Å²) in [5.74, 6) is -0.0162. The van der Waals surface area contributed by atoms with Crippen molar-refractivity contribution >= 4 is 11.6 Å². The third-order valence-electron chi connectivity index (χ3n) is 3.46. The number of hydrogen-bond donors (Lipinski definition) is 2. The predicted octanol–water partition coefficient (Wildman–Crippen LogP) is 3.31. The van der Waals surface area contributed by atoms with Gasteiger partial charge < -0.3 is 11.1 Å². The van der Waals surface area contributed by atoms with Gasteiger partial charge in [-0.3, -0.25) is 4.79 Å². The maximum atomic E-state index is 12.1. The molecule has 106 valence electrons. The minimum absolute atomic E-state index is 0.0162. The van der Waals surface area contributed by atoms with Gasteiger partial charge in [-0.25, -0.2) is 0 Å². The SMILES string of the molecule is Cc1cc(C)c(NC(=O)CC(N)C(C)(C)C)c(C)c1. The number of carbonyl (C=O) groups is 1. The number of benzene rings is 1. The number of nitrogens with two attached hydrogens (primary N) is 1. The molecule has 0 saturated heterocycles. The Bertz CT molecular complexity index is 449. The van der Waals surface area contributed by atoms with E-state index in [4.69, 9.17) is 5.73 Å². The van der Waals surface area contributed by atoms with Crippen LogP contribution in [0.4, 0.5) is 5.69 Å². The van der Waals surface area contributed by atoms with Gasteiger partial charge in [0, 0.05) is 18.2 Å². The van der Waals surface area contributed by atoms with Crippen LogP contribution in [0, 0.1) is 26.2 Å². The molecule has 1 unspecified atom stereocenters. The van der Waals surface area contributed by atoms with E-state index in [9.17, 15) is 4.79 Å². The molecule has 0 aliphatic rings. The average Bonchev–Trinajstić information content (AvgIpc) is 2.21. The molecule has 3 N–H and O–H groups in total. The Morgan fingerprint density at radius 3 is 2.11 bits per heavy atom. The van der Waals surface area contributed by atoms with Crippen molar-refractivity contribution in [3.8, 4) is 0 Å². The molecule has 19 heavy (non-hydrogen) atoms. The smallest absolute Gasteiger partial charge is 0.225 e. The van der Waals surface area contributed by atoms with Crippen LogP contribution in [0.1, 0.15) is 43.9 Å². The summed E-state index contributed by atoms with van der Waals surface area (Å²) in [5.41, 5.74) is 10.3. The number of carbonyl (C=O) groups excluding carboxylic acids is 1. The van der Waals surface area contributed by atoms with Crippen LogP contribution in [0.3, 0.4) is 0 Å². The average molecular weight is 262 g/mol. The van der Waals surface area contributed by atoms with Crippen LogP contribution >= 0.6 is 0 Å². The van der Waals surface area contributed by atoms with E-state index in [1.54, 1.807) is 0 Å². The highest BCUT2D eigenvalue weighted by Gasteiger charge is 2.23. The fraction of sp³-hybridized carbons (Fsp3) is 0.562. The Morgan fingerprint density at radius 1 is 1.21 bits per heavy atom. The van der Waals surface area contributed by atoms with Crippen LogP contribution in [0.25, 0.3) is 0 Å². The van der Waals surface area contributed by atoms with Gasteiger partial charge in [-0.2, -0.15) is 0 Å². The van der Waals surface area contributed by atoms with Crippen molar-refractivity contribution in [1.29, 1.82) is 0 Å². The fourth-order valence-electron chi connectivity index (χ4n) is 2.07. The number of amides is 1. The molecule has 3 heteroatoms.